The number of hydrogen-bond acceptors (Lipinski definition) is 3. The number of nitro groups is 1. The van der Waals surface area contributed by atoms with Crippen LogP contribution in [0.2, 0.25) is 0 Å². The van der Waals surface area contributed by atoms with Gasteiger partial charge in [-0.05, 0) is 17.2 Å². The monoisotopic (exact) mass is 320 g/mol. The molecule has 19 heavy (non-hydrogen) atoms. The van der Waals surface area contributed by atoms with Crippen molar-refractivity contribution in [1.29, 1.82) is 0 Å². The fraction of sp³-hybridized carbons (Fsp3) is 0.143. The van der Waals surface area contributed by atoms with E-state index in [9.17, 15) is 10.1 Å². The molecule has 2 aromatic carbocycles. The van der Waals surface area contributed by atoms with Gasteiger partial charge in [-0.25, -0.2) is 0 Å². The zero-order chi connectivity index (χ0) is 13.7. The number of benzene rings is 2. The number of nitrogens with zero attached hydrogens (tertiary/aromatic N) is 1. The van der Waals surface area contributed by atoms with Crippen molar-refractivity contribution >= 4 is 21.6 Å². The molecular weight excluding hydrogens is 308 g/mol. The zero-order valence-electron chi connectivity index (χ0n) is 10.2. The molecule has 0 aromatic heterocycles. The second-order valence-corrected chi connectivity index (χ2v) is 5.08. The molecule has 0 saturated carbocycles. The molecule has 4 nitrogen and oxygen atoms in total. The SMILES string of the molecule is O=[N+]([O-])c1cc(Br)cc(CNCc2ccccc2)c1. The maximum Gasteiger partial charge on any atom is 0.270 e. The Balaban J connectivity index is 1.98. The summed E-state index contributed by atoms with van der Waals surface area (Å²) in [7, 11) is 0. The van der Waals surface area contributed by atoms with Crippen molar-refractivity contribution in [2.24, 2.45) is 0 Å². The van der Waals surface area contributed by atoms with Crippen molar-refractivity contribution in [3.05, 3.63) is 74.2 Å². The third-order valence-corrected chi connectivity index (χ3v) is 3.11. The second kappa shape index (κ2) is 6.45. The molecule has 98 valence electrons. The summed E-state index contributed by atoms with van der Waals surface area (Å²) in [6, 6.07) is 15.0. The van der Waals surface area contributed by atoms with Crippen LogP contribution >= 0.6 is 15.9 Å². The summed E-state index contributed by atoms with van der Waals surface area (Å²) in [5.74, 6) is 0. The lowest BCUT2D eigenvalue weighted by molar-refractivity contribution is -0.385. The fourth-order valence-electron chi connectivity index (χ4n) is 1.79. The van der Waals surface area contributed by atoms with Crippen molar-refractivity contribution in [2.75, 3.05) is 0 Å². The first kappa shape index (κ1) is 13.7. The maximum absolute atomic E-state index is 10.8. The van der Waals surface area contributed by atoms with E-state index < -0.39 is 0 Å². The summed E-state index contributed by atoms with van der Waals surface area (Å²) in [5, 5.41) is 14.0. The minimum atomic E-state index is -0.383. The van der Waals surface area contributed by atoms with Gasteiger partial charge < -0.3 is 5.32 Å². The topological polar surface area (TPSA) is 55.2 Å². The molecule has 2 rings (SSSR count). The van der Waals surface area contributed by atoms with Gasteiger partial charge in [-0.3, -0.25) is 10.1 Å². The van der Waals surface area contributed by atoms with Crippen molar-refractivity contribution in [3.8, 4) is 0 Å². The third-order valence-electron chi connectivity index (χ3n) is 2.65. The lowest BCUT2D eigenvalue weighted by Gasteiger charge is -2.05. The van der Waals surface area contributed by atoms with Crippen molar-refractivity contribution in [3.63, 3.8) is 0 Å². The van der Waals surface area contributed by atoms with E-state index in [0.29, 0.717) is 6.54 Å². The van der Waals surface area contributed by atoms with Gasteiger partial charge in [0.25, 0.3) is 5.69 Å². The predicted octanol–water partition coefficient (Wildman–Crippen LogP) is 3.65. The van der Waals surface area contributed by atoms with E-state index in [1.165, 1.54) is 11.6 Å². The summed E-state index contributed by atoms with van der Waals surface area (Å²) in [4.78, 5) is 10.4. The van der Waals surface area contributed by atoms with Gasteiger partial charge in [-0.1, -0.05) is 46.3 Å². The van der Waals surface area contributed by atoms with Crippen molar-refractivity contribution < 1.29 is 4.92 Å². The van der Waals surface area contributed by atoms with Crippen LogP contribution in [0.3, 0.4) is 0 Å². The number of hydrogen-bond donors (Lipinski definition) is 1. The molecule has 0 fully saturated rings. The largest absolute Gasteiger partial charge is 0.309 e. The summed E-state index contributed by atoms with van der Waals surface area (Å²) < 4.78 is 0.721. The lowest BCUT2D eigenvalue weighted by Crippen LogP contribution is -2.12. The molecular formula is C14H13BrN2O2. The Hall–Kier alpha value is -1.72. The van der Waals surface area contributed by atoms with Crippen LogP contribution in [-0.4, -0.2) is 4.92 Å². The molecule has 0 bridgehead atoms. The fourth-order valence-corrected chi connectivity index (χ4v) is 2.32. The molecule has 2 aromatic rings. The highest BCUT2D eigenvalue weighted by Gasteiger charge is 2.08. The number of nitrogens with one attached hydrogen (secondary N) is 1. The summed E-state index contributed by atoms with van der Waals surface area (Å²) >= 11 is 3.29. The standard InChI is InChI=1S/C14H13BrN2O2/c15-13-6-12(7-14(8-13)17(18)19)10-16-9-11-4-2-1-3-5-11/h1-8,16H,9-10H2. The molecule has 0 aliphatic rings. The van der Waals surface area contributed by atoms with Gasteiger partial charge >= 0.3 is 0 Å². The number of rotatable bonds is 5. The van der Waals surface area contributed by atoms with Crippen LogP contribution in [0.4, 0.5) is 5.69 Å². The van der Waals surface area contributed by atoms with Gasteiger partial charge in [-0.15, -0.1) is 0 Å². The average molecular weight is 321 g/mol. The first-order valence-electron chi connectivity index (χ1n) is 5.83. The Morgan fingerprint density at radius 2 is 1.74 bits per heavy atom. The highest BCUT2D eigenvalue weighted by Crippen LogP contribution is 2.21. The molecule has 1 N–H and O–H groups in total. The molecule has 0 aliphatic heterocycles. The van der Waals surface area contributed by atoms with E-state index in [4.69, 9.17) is 0 Å². The van der Waals surface area contributed by atoms with E-state index in [1.807, 2.05) is 36.4 Å². The van der Waals surface area contributed by atoms with Gasteiger partial charge in [0.05, 0.1) is 4.92 Å². The quantitative estimate of drug-likeness (QED) is 0.675. The number of nitro benzene ring substituents is 1. The maximum atomic E-state index is 10.8. The molecule has 0 radical (unpaired) electrons. The Kier molecular flexibility index (Phi) is 4.65. The van der Waals surface area contributed by atoms with Crippen LogP contribution in [-0.2, 0) is 13.1 Å². The molecule has 5 heteroatoms. The predicted molar refractivity (Wildman–Crippen MR) is 77.8 cm³/mol. The third kappa shape index (κ3) is 4.15. The van der Waals surface area contributed by atoms with Gasteiger partial charge in [0.15, 0.2) is 0 Å². The summed E-state index contributed by atoms with van der Waals surface area (Å²) in [6.45, 7) is 1.33. The molecule has 0 amide bonds. The van der Waals surface area contributed by atoms with Crippen LogP contribution in [0, 0.1) is 10.1 Å². The first-order valence-corrected chi connectivity index (χ1v) is 6.63. The zero-order valence-corrected chi connectivity index (χ0v) is 11.8. The van der Waals surface area contributed by atoms with Gasteiger partial charge in [-0.2, -0.15) is 0 Å². The minimum absolute atomic E-state index is 0.103. The highest BCUT2D eigenvalue weighted by molar-refractivity contribution is 9.10. The van der Waals surface area contributed by atoms with E-state index >= 15 is 0 Å². The normalized spacial score (nSPS) is 10.4. The Morgan fingerprint density at radius 3 is 2.42 bits per heavy atom. The van der Waals surface area contributed by atoms with Crippen LogP contribution in [0.1, 0.15) is 11.1 Å². The second-order valence-electron chi connectivity index (χ2n) is 4.16. The van der Waals surface area contributed by atoms with Crippen LogP contribution in [0.25, 0.3) is 0 Å². The van der Waals surface area contributed by atoms with Gasteiger partial charge in [0, 0.05) is 29.7 Å². The Labute approximate surface area is 119 Å². The van der Waals surface area contributed by atoms with Crippen LogP contribution in [0.5, 0.6) is 0 Å². The Morgan fingerprint density at radius 1 is 1.05 bits per heavy atom. The van der Waals surface area contributed by atoms with Gasteiger partial charge in [0.1, 0.15) is 0 Å². The Bertz CT molecular complexity index is 573. The smallest absolute Gasteiger partial charge is 0.270 e. The molecule has 0 saturated heterocycles. The van der Waals surface area contributed by atoms with E-state index in [-0.39, 0.29) is 10.6 Å². The summed E-state index contributed by atoms with van der Waals surface area (Å²) in [6.07, 6.45) is 0. The first-order chi connectivity index (χ1) is 9.15. The molecule has 0 aliphatic carbocycles. The summed E-state index contributed by atoms with van der Waals surface area (Å²) in [5.41, 5.74) is 2.18. The lowest BCUT2D eigenvalue weighted by atomic mass is 10.2. The van der Waals surface area contributed by atoms with E-state index in [0.717, 1.165) is 16.6 Å². The van der Waals surface area contributed by atoms with Crippen LogP contribution < -0.4 is 5.32 Å². The average Bonchev–Trinajstić information content (AvgIpc) is 2.39. The van der Waals surface area contributed by atoms with Crippen molar-refractivity contribution in [1.82, 2.24) is 5.32 Å². The minimum Gasteiger partial charge on any atom is -0.309 e. The van der Waals surface area contributed by atoms with E-state index in [1.54, 1.807) is 6.07 Å². The molecule has 0 unspecified atom stereocenters. The number of non-ortho nitro benzene ring substituents is 1. The van der Waals surface area contributed by atoms with E-state index in [2.05, 4.69) is 21.2 Å². The van der Waals surface area contributed by atoms with Crippen LogP contribution in [0.15, 0.2) is 53.0 Å². The molecule has 0 spiro atoms. The molecule has 0 heterocycles. The number of halogens is 1. The van der Waals surface area contributed by atoms with Crippen molar-refractivity contribution in [2.45, 2.75) is 13.1 Å². The van der Waals surface area contributed by atoms with Gasteiger partial charge in [0.2, 0.25) is 0 Å². The highest BCUT2D eigenvalue weighted by atomic mass is 79.9. The molecule has 0 atom stereocenters.